The molecule has 2 aliphatic rings. The third-order valence-electron chi connectivity index (χ3n) is 4.67. The normalized spacial score (nSPS) is 23.7. The second-order valence-corrected chi connectivity index (χ2v) is 5.92. The minimum absolute atomic E-state index is 0.0375. The zero-order valence-electron chi connectivity index (χ0n) is 12.1. The molecule has 1 aromatic carbocycles. The van der Waals surface area contributed by atoms with E-state index in [2.05, 4.69) is 23.5 Å². The molecular weight excluding hydrogens is 264 g/mol. The molecule has 1 atom stereocenters. The van der Waals surface area contributed by atoms with Crippen molar-refractivity contribution in [1.29, 1.82) is 5.26 Å². The summed E-state index contributed by atoms with van der Waals surface area (Å²) < 4.78 is 5.29. The van der Waals surface area contributed by atoms with Gasteiger partial charge in [-0.1, -0.05) is 24.3 Å². The number of fused-ring (bicyclic) bond motifs is 1. The van der Waals surface area contributed by atoms with E-state index in [0.717, 1.165) is 19.3 Å². The molecule has 3 rings (SSSR count). The van der Waals surface area contributed by atoms with Crippen LogP contribution in [0.3, 0.4) is 0 Å². The topological polar surface area (TPSA) is 62.1 Å². The maximum absolute atomic E-state index is 12.6. The lowest BCUT2D eigenvalue weighted by atomic mass is 9.79. The van der Waals surface area contributed by atoms with Crippen LogP contribution in [0.25, 0.3) is 0 Å². The Morgan fingerprint density at radius 1 is 1.33 bits per heavy atom. The molecular formula is C17H20N2O2. The van der Waals surface area contributed by atoms with Crippen molar-refractivity contribution in [2.75, 3.05) is 13.2 Å². The van der Waals surface area contributed by atoms with E-state index >= 15 is 0 Å². The van der Waals surface area contributed by atoms with Crippen LogP contribution >= 0.6 is 0 Å². The first-order valence-electron chi connectivity index (χ1n) is 7.63. The first kappa shape index (κ1) is 14.1. The van der Waals surface area contributed by atoms with Gasteiger partial charge in [0.15, 0.2) is 0 Å². The fourth-order valence-electron chi connectivity index (χ4n) is 3.31. The number of amides is 1. The summed E-state index contributed by atoms with van der Waals surface area (Å²) in [6.45, 7) is 0.977. The van der Waals surface area contributed by atoms with E-state index in [-0.39, 0.29) is 11.9 Å². The monoisotopic (exact) mass is 284 g/mol. The van der Waals surface area contributed by atoms with E-state index < -0.39 is 5.41 Å². The number of carbonyl (C=O) groups is 1. The van der Waals surface area contributed by atoms with Crippen molar-refractivity contribution in [3.8, 4) is 6.07 Å². The summed E-state index contributed by atoms with van der Waals surface area (Å²) in [5.74, 6) is -0.130. The smallest absolute Gasteiger partial charge is 0.241 e. The average Bonchev–Trinajstić information content (AvgIpc) is 2.56. The van der Waals surface area contributed by atoms with Gasteiger partial charge in [0.2, 0.25) is 5.91 Å². The Hall–Kier alpha value is -1.86. The number of nitrogens with zero attached hydrogens (tertiary/aromatic N) is 1. The van der Waals surface area contributed by atoms with Gasteiger partial charge in [0, 0.05) is 13.2 Å². The predicted octanol–water partition coefficient (Wildman–Crippen LogP) is 2.50. The summed E-state index contributed by atoms with van der Waals surface area (Å²) in [4.78, 5) is 12.6. The van der Waals surface area contributed by atoms with Crippen LogP contribution in [0, 0.1) is 16.7 Å². The molecule has 110 valence electrons. The van der Waals surface area contributed by atoms with Gasteiger partial charge in [0.25, 0.3) is 0 Å². The Morgan fingerprint density at radius 2 is 2.10 bits per heavy atom. The van der Waals surface area contributed by atoms with Gasteiger partial charge in [-0.15, -0.1) is 0 Å². The number of nitriles is 1. The number of carbonyl (C=O) groups excluding carboxylic acids is 1. The van der Waals surface area contributed by atoms with Crippen molar-refractivity contribution < 1.29 is 9.53 Å². The van der Waals surface area contributed by atoms with Crippen LogP contribution in [-0.4, -0.2) is 19.1 Å². The Morgan fingerprint density at radius 3 is 2.86 bits per heavy atom. The zero-order valence-corrected chi connectivity index (χ0v) is 12.1. The quantitative estimate of drug-likeness (QED) is 0.907. The Labute approximate surface area is 125 Å². The van der Waals surface area contributed by atoms with Gasteiger partial charge < -0.3 is 10.1 Å². The highest BCUT2D eigenvalue weighted by molar-refractivity contribution is 5.86. The van der Waals surface area contributed by atoms with Gasteiger partial charge in [-0.3, -0.25) is 4.79 Å². The maximum atomic E-state index is 12.6. The van der Waals surface area contributed by atoms with E-state index in [4.69, 9.17) is 4.74 Å². The van der Waals surface area contributed by atoms with E-state index in [0.29, 0.717) is 26.1 Å². The number of nitrogens with one attached hydrogen (secondary N) is 1. The molecule has 1 aromatic rings. The van der Waals surface area contributed by atoms with E-state index in [1.54, 1.807) is 0 Å². The Kier molecular flexibility index (Phi) is 3.94. The van der Waals surface area contributed by atoms with Crippen molar-refractivity contribution in [2.45, 2.75) is 38.1 Å². The Balaban J connectivity index is 1.78. The molecule has 0 bridgehead atoms. The summed E-state index contributed by atoms with van der Waals surface area (Å²) in [6.07, 6.45) is 4.07. The SMILES string of the molecule is N#CC1(C(=O)NC2CCCc3ccccc32)CCOCC1. The number of ether oxygens (including phenoxy) is 1. The highest BCUT2D eigenvalue weighted by atomic mass is 16.5. The molecule has 4 nitrogen and oxygen atoms in total. The number of hydrogen-bond donors (Lipinski definition) is 1. The van der Waals surface area contributed by atoms with Crippen molar-refractivity contribution in [1.82, 2.24) is 5.32 Å². The molecule has 4 heteroatoms. The summed E-state index contributed by atoms with van der Waals surface area (Å²) in [6, 6.07) is 10.5. The first-order chi connectivity index (χ1) is 10.2. The van der Waals surface area contributed by atoms with Gasteiger partial charge in [-0.25, -0.2) is 0 Å². The molecule has 1 N–H and O–H groups in total. The minimum atomic E-state index is -0.912. The lowest BCUT2D eigenvalue weighted by Gasteiger charge is -2.33. The molecule has 1 aliphatic carbocycles. The number of aryl methyl sites for hydroxylation is 1. The number of rotatable bonds is 2. The van der Waals surface area contributed by atoms with Crippen molar-refractivity contribution in [3.05, 3.63) is 35.4 Å². The van der Waals surface area contributed by atoms with Crippen LogP contribution in [0.15, 0.2) is 24.3 Å². The van der Waals surface area contributed by atoms with Crippen LogP contribution in [0.4, 0.5) is 0 Å². The molecule has 1 saturated heterocycles. The Bertz CT molecular complexity index is 570. The highest BCUT2D eigenvalue weighted by Crippen LogP contribution is 2.34. The van der Waals surface area contributed by atoms with Crippen molar-refractivity contribution >= 4 is 5.91 Å². The number of hydrogen-bond acceptors (Lipinski definition) is 3. The minimum Gasteiger partial charge on any atom is -0.381 e. The van der Waals surface area contributed by atoms with Crippen molar-refractivity contribution in [3.63, 3.8) is 0 Å². The fourth-order valence-corrected chi connectivity index (χ4v) is 3.31. The third-order valence-corrected chi connectivity index (χ3v) is 4.67. The highest BCUT2D eigenvalue weighted by Gasteiger charge is 2.41. The van der Waals surface area contributed by atoms with Crippen LogP contribution in [0.5, 0.6) is 0 Å². The first-order valence-corrected chi connectivity index (χ1v) is 7.63. The molecule has 1 heterocycles. The van der Waals surface area contributed by atoms with E-state index in [9.17, 15) is 10.1 Å². The van der Waals surface area contributed by atoms with Gasteiger partial charge in [0.05, 0.1) is 12.1 Å². The average molecular weight is 284 g/mol. The van der Waals surface area contributed by atoms with Gasteiger partial charge in [-0.2, -0.15) is 5.26 Å². The van der Waals surface area contributed by atoms with Crippen LogP contribution in [0.2, 0.25) is 0 Å². The van der Waals surface area contributed by atoms with Crippen LogP contribution in [-0.2, 0) is 16.0 Å². The van der Waals surface area contributed by atoms with Gasteiger partial charge in [-0.05, 0) is 43.2 Å². The summed E-state index contributed by atoms with van der Waals surface area (Å²) >= 11 is 0. The third kappa shape index (κ3) is 2.66. The fraction of sp³-hybridized carbons (Fsp3) is 0.529. The lowest BCUT2D eigenvalue weighted by molar-refractivity contribution is -0.133. The van der Waals surface area contributed by atoms with Gasteiger partial charge in [0.1, 0.15) is 5.41 Å². The van der Waals surface area contributed by atoms with E-state index in [1.165, 1.54) is 11.1 Å². The largest absolute Gasteiger partial charge is 0.381 e. The van der Waals surface area contributed by atoms with E-state index in [1.807, 2.05) is 12.1 Å². The second kappa shape index (κ2) is 5.87. The molecule has 1 aliphatic heterocycles. The maximum Gasteiger partial charge on any atom is 0.241 e. The molecule has 0 spiro atoms. The van der Waals surface area contributed by atoms with Gasteiger partial charge >= 0.3 is 0 Å². The molecule has 1 fully saturated rings. The molecule has 21 heavy (non-hydrogen) atoms. The zero-order chi connectivity index (χ0) is 14.7. The van der Waals surface area contributed by atoms with Crippen LogP contribution in [0.1, 0.15) is 42.9 Å². The molecule has 0 aromatic heterocycles. The molecule has 0 saturated carbocycles. The second-order valence-electron chi connectivity index (χ2n) is 5.92. The summed E-state index contributed by atoms with van der Waals surface area (Å²) in [5.41, 5.74) is 1.61. The summed E-state index contributed by atoms with van der Waals surface area (Å²) in [5, 5.41) is 12.6. The van der Waals surface area contributed by atoms with Crippen molar-refractivity contribution in [2.24, 2.45) is 5.41 Å². The van der Waals surface area contributed by atoms with Crippen LogP contribution < -0.4 is 5.32 Å². The molecule has 1 unspecified atom stereocenters. The predicted molar refractivity (Wildman–Crippen MR) is 78.4 cm³/mol. The standard InChI is InChI=1S/C17H20N2O2/c18-12-17(8-10-21-11-9-17)16(20)19-15-7-3-5-13-4-1-2-6-14(13)15/h1-2,4,6,15H,3,5,7-11H2,(H,19,20). The number of benzene rings is 1. The molecule has 1 amide bonds. The molecule has 0 radical (unpaired) electrons. The summed E-state index contributed by atoms with van der Waals surface area (Å²) in [7, 11) is 0. The lowest BCUT2D eigenvalue weighted by Crippen LogP contribution is -2.45.